The van der Waals surface area contributed by atoms with Crippen molar-refractivity contribution in [2.45, 2.75) is 13.5 Å². The standard InChI is InChI=1S/C12H12N4O/c1-2-14-12-15-6-10-11(16-12)9-5-13-4-3-8(9)7-17-10/h3-6H,2,7H2,1H3,(H,14,15,16). The molecule has 2 aromatic heterocycles. The molecule has 17 heavy (non-hydrogen) atoms. The largest absolute Gasteiger partial charge is 0.485 e. The van der Waals surface area contributed by atoms with E-state index in [2.05, 4.69) is 20.3 Å². The molecular formula is C12H12N4O. The van der Waals surface area contributed by atoms with Gasteiger partial charge in [-0.3, -0.25) is 4.98 Å². The maximum Gasteiger partial charge on any atom is 0.223 e. The van der Waals surface area contributed by atoms with Gasteiger partial charge in [0.2, 0.25) is 5.95 Å². The second-order valence-electron chi connectivity index (χ2n) is 3.76. The molecule has 0 fully saturated rings. The zero-order chi connectivity index (χ0) is 11.7. The van der Waals surface area contributed by atoms with E-state index in [0.717, 1.165) is 23.4 Å². The summed E-state index contributed by atoms with van der Waals surface area (Å²) in [7, 11) is 0. The van der Waals surface area contributed by atoms with Crippen LogP contribution in [-0.4, -0.2) is 21.5 Å². The van der Waals surface area contributed by atoms with Crippen LogP contribution in [0.4, 0.5) is 5.95 Å². The molecule has 5 heteroatoms. The molecule has 1 N–H and O–H groups in total. The van der Waals surface area contributed by atoms with Gasteiger partial charge in [-0.25, -0.2) is 9.97 Å². The number of pyridine rings is 1. The third-order valence-corrected chi connectivity index (χ3v) is 2.64. The van der Waals surface area contributed by atoms with Crippen molar-refractivity contribution in [3.8, 4) is 17.0 Å². The quantitative estimate of drug-likeness (QED) is 0.850. The molecular weight excluding hydrogens is 216 g/mol. The van der Waals surface area contributed by atoms with E-state index in [1.807, 2.05) is 19.2 Å². The fourth-order valence-electron chi connectivity index (χ4n) is 1.83. The van der Waals surface area contributed by atoms with E-state index >= 15 is 0 Å². The third-order valence-electron chi connectivity index (χ3n) is 2.64. The Balaban J connectivity index is 2.12. The number of rotatable bonds is 2. The Labute approximate surface area is 98.9 Å². The Morgan fingerprint density at radius 3 is 3.24 bits per heavy atom. The van der Waals surface area contributed by atoms with Gasteiger partial charge in [-0.1, -0.05) is 0 Å². The van der Waals surface area contributed by atoms with E-state index in [4.69, 9.17) is 4.74 Å². The van der Waals surface area contributed by atoms with Crippen LogP contribution < -0.4 is 10.1 Å². The van der Waals surface area contributed by atoms with Crippen LogP contribution in [0.15, 0.2) is 24.7 Å². The molecule has 0 saturated heterocycles. The Morgan fingerprint density at radius 1 is 1.41 bits per heavy atom. The second kappa shape index (κ2) is 4.01. The lowest BCUT2D eigenvalue weighted by molar-refractivity contribution is 0.299. The van der Waals surface area contributed by atoms with Crippen LogP contribution in [0, 0.1) is 0 Å². The predicted molar refractivity (Wildman–Crippen MR) is 63.8 cm³/mol. The predicted octanol–water partition coefficient (Wildman–Crippen LogP) is 1.86. The van der Waals surface area contributed by atoms with Crippen molar-refractivity contribution in [1.29, 1.82) is 0 Å². The number of anilines is 1. The molecule has 1 aliphatic heterocycles. The van der Waals surface area contributed by atoms with E-state index in [9.17, 15) is 0 Å². The summed E-state index contributed by atoms with van der Waals surface area (Å²) >= 11 is 0. The number of fused-ring (bicyclic) bond motifs is 3. The molecule has 0 radical (unpaired) electrons. The summed E-state index contributed by atoms with van der Waals surface area (Å²) in [5.41, 5.74) is 2.94. The summed E-state index contributed by atoms with van der Waals surface area (Å²) in [6, 6.07) is 1.95. The number of hydrogen-bond donors (Lipinski definition) is 1. The Morgan fingerprint density at radius 2 is 2.35 bits per heavy atom. The average molecular weight is 228 g/mol. The van der Waals surface area contributed by atoms with Crippen LogP contribution in [0.5, 0.6) is 5.75 Å². The number of aromatic nitrogens is 3. The van der Waals surface area contributed by atoms with E-state index in [1.165, 1.54) is 0 Å². The molecule has 86 valence electrons. The molecule has 0 atom stereocenters. The van der Waals surface area contributed by atoms with Gasteiger partial charge in [-0.15, -0.1) is 0 Å². The van der Waals surface area contributed by atoms with Gasteiger partial charge in [-0.05, 0) is 13.0 Å². The summed E-state index contributed by atoms with van der Waals surface area (Å²) in [4.78, 5) is 12.8. The van der Waals surface area contributed by atoms with Crippen LogP contribution in [0.1, 0.15) is 12.5 Å². The summed E-state index contributed by atoms with van der Waals surface area (Å²) in [6.07, 6.45) is 5.29. The van der Waals surface area contributed by atoms with Crippen LogP contribution in [0.2, 0.25) is 0 Å². The Bertz CT molecular complexity index is 556. The number of hydrogen-bond acceptors (Lipinski definition) is 5. The third kappa shape index (κ3) is 1.69. The fourth-order valence-corrected chi connectivity index (χ4v) is 1.83. The maximum absolute atomic E-state index is 5.60. The number of nitrogens with one attached hydrogen (secondary N) is 1. The molecule has 0 aliphatic carbocycles. The van der Waals surface area contributed by atoms with E-state index in [-0.39, 0.29) is 0 Å². The van der Waals surface area contributed by atoms with E-state index < -0.39 is 0 Å². The maximum atomic E-state index is 5.60. The normalized spacial score (nSPS) is 12.3. The Kier molecular flexibility index (Phi) is 2.36. The highest BCUT2D eigenvalue weighted by Crippen LogP contribution is 2.35. The molecule has 0 aromatic carbocycles. The molecule has 0 amide bonds. The summed E-state index contributed by atoms with van der Waals surface area (Å²) in [5, 5.41) is 3.09. The monoisotopic (exact) mass is 228 g/mol. The molecule has 1 aliphatic rings. The highest BCUT2D eigenvalue weighted by Gasteiger charge is 2.19. The number of nitrogens with zero attached hydrogens (tertiary/aromatic N) is 3. The van der Waals surface area contributed by atoms with Gasteiger partial charge < -0.3 is 10.1 Å². The van der Waals surface area contributed by atoms with Crippen LogP contribution in [0.25, 0.3) is 11.3 Å². The summed E-state index contributed by atoms with van der Waals surface area (Å²) in [5.74, 6) is 1.33. The lowest BCUT2D eigenvalue weighted by Gasteiger charge is -2.19. The SMILES string of the molecule is CCNc1ncc2c(n1)-c1cnccc1CO2. The van der Waals surface area contributed by atoms with Crippen LogP contribution in [-0.2, 0) is 6.61 Å². The van der Waals surface area contributed by atoms with Crippen LogP contribution >= 0.6 is 0 Å². The topological polar surface area (TPSA) is 59.9 Å². The van der Waals surface area contributed by atoms with Crippen LogP contribution in [0.3, 0.4) is 0 Å². The van der Waals surface area contributed by atoms with Crippen molar-refractivity contribution in [2.24, 2.45) is 0 Å². The minimum atomic E-state index is 0.550. The fraction of sp³-hybridized carbons (Fsp3) is 0.250. The minimum absolute atomic E-state index is 0.550. The zero-order valence-corrected chi connectivity index (χ0v) is 9.47. The van der Waals surface area contributed by atoms with Crippen molar-refractivity contribution in [3.63, 3.8) is 0 Å². The van der Waals surface area contributed by atoms with Gasteiger partial charge in [0.1, 0.15) is 12.3 Å². The molecule has 0 spiro atoms. The number of ether oxygens (including phenoxy) is 1. The van der Waals surface area contributed by atoms with Gasteiger partial charge in [-0.2, -0.15) is 0 Å². The highest BCUT2D eigenvalue weighted by atomic mass is 16.5. The summed E-state index contributed by atoms with van der Waals surface area (Å²) < 4.78 is 5.60. The van der Waals surface area contributed by atoms with Crippen molar-refractivity contribution in [3.05, 3.63) is 30.2 Å². The molecule has 3 rings (SSSR count). The van der Waals surface area contributed by atoms with Crippen molar-refractivity contribution in [2.75, 3.05) is 11.9 Å². The highest BCUT2D eigenvalue weighted by molar-refractivity contribution is 5.70. The molecule has 2 aromatic rings. The lowest BCUT2D eigenvalue weighted by Crippen LogP contribution is -2.10. The first-order chi connectivity index (χ1) is 8.38. The minimum Gasteiger partial charge on any atom is -0.485 e. The average Bonchev–Trinajstić information content (AvgIpc) is 2.39. The van der Waals surface area contributed by atoms with Gasteiger partial charge in [0.15, 0.2) is 5.75 Å². The smallest absolute Gasteiger partial charge is 0.223 e. The summed E-state index contributed by atoms with van der Waals surface area (Å²) in [6.45, 7) is 3.35. The van der Waals surface area contributed by atoms with Gasteiger partial charge >= 0.3 is 0 Å². The molecule has 3 heterocycles. The molecule has 0 bridgehead atoms. The van der Waals surface area contributed by atoms with E-state index in [1.54, 1.807) is 12.4 Å². The molecule has 0 unspecified atom stereocenters. The van der Waals surface area contributed by atoms with Crippen molar-refractivity contribution in [1.82, 2.24) is 15.0 Å². The van der Waals surface area contributed by atoms with Crippen molar-refractivity contribution < 1.29 is 4.74 Å². The first-order valence-corrected chi connectivity index (χ1v) is 5.55. The second-order valence-corrected chi connectivity index (χ2v) is 3.76. The zero-order valence-electron chi connectivity index (χ0n) is 9.47. The van der Waals surface area contributed by atoms with Crippen molar-refractivity contribution >= 4 is 5.95 Å². The molecule has 0 saturated carbocycles. The van der Waals surface area contributed by atoms with Gasteiger partial charge in [0.25, 0.3) is 0 Å². The van der Waals surface area contributed by atoms with E-state index in [0.29, 0.717) is 18.3 Å². The molecule has 5 nitrogen and oxygen atoms in total. The lowest BCUT2D eigenvalue weighted by atomic mass is 10.1. The Hall–Kier alpha value is -2.17. The van der Waals surface area contributed by atoms with Gasteiger partial charge in [0.05, 0.1) is 6.20 Å². The first-order valence-electron chi connectivity index (χ1n) is 5.55. The van der Waals surface area contributed by atoms with Gasteiger partial charge in [0, 0.05) is 30.1 Å². The first kappa shape index (κ1) is 10.0.